The van der Waals surface area contributed by atoms with E-state index in [1.807, 2.05) is 13.8 Å². The zero-order valence-corrected chi connectivity index (χ0v) is 13.2. The van der Waals surface area contributed by atoms with Gasteiger partial charge in [-0.3, -0.25) is 4.79 Å². The van der Waals surface area contributed by atoms with Crippen molar-refractivity contribution in [3.8, 4) is 0 Å². The van der Waals surface area contributed by atoms with Crippen molar-refractivity contribution in [1.82, 2.24) is 20.1 Å². The smallest absolute Gasteiger partial charge is 0.230 e. The van der Waals surface area contributed by atoms with Crippen molar-refractivity contribution < 1.29 is 4.79 Å². The molecule has 1 aromatic heterocycles. The van der Waals surface area contributed by atoms with Gasteiger partial charge in [-0.05, 0) is 33.1 Å². The van der Waals surface area contributed by atoms with Gasteiger partial charge >= 0.3 is 0 Å². The van der Waals surface area contributed by atoms with Crippen molar-refractivity contribution >= 4 is 17.7 Å². The minimum absolute atomic E-state index is 0.0292. The maximum atomic E-state index is 11.9. The van der Waals surface area contributed by atoms with E-state index in [9.17, 15) is 4.79 Å². The van der Waals surface area contributed by atoms with Crippen LogP contribution < -0.4 is 11.1 Å². The molecule has 0 aromatic carbocycles. The third-order valence-electron chi connectivity index (χ3n) is 3.52. The fraction of sp³-hybridized carbons (Fsp3) is 0.769. The van der Waals surface area contributed by atoms with Crippen LogP contribution in [-0.4, -0.2) is 32.0 Å². The summed E-state index contributed by atoms with van der Waals surface area (Å²) in [5.41, 5.74) is 5.51. The molecule has 6 nitrogen and oxygen atoms in total. The van der Waals surface area contributed by atoms with E-state index < -0.39 is 0 Å². The Kier molecular flexibility index (Phi) is 4.70. The van der Waals surface area contributed by atoms with Gasteiger partial charge in [0.25, 0.3) is 0 Å². The summed E-state index contributed by atoms with van der Waals surface area (Å²) < 4.78 is 2.09. The highest BCUT2D eigenvalue weighted by molar-refractivity contribution is 7.99. The molecule has 0 aliphatic heterocycles. The molecular formula is C13H23N5OS. The molecule has 1 amide bonds. The fourth-order valence-corrected chi connectivity index (χ4v) is 2.70. The molecule has 1 aliphatic carbocycles. The highest BCUT2D eigenvalue weighted by Gasteiger charge is 2.29. The van der Waals surface area contributed by atoms with Crippen LogP contribution in [0.15, 0.2) is 5.16 Å². The molecule has 1 heterocycles. The third-order valence-corrected chi connectivity index (χ3v) is 4.47. The summed E-state index contributed by atoms with van der Waals surface area (Å²) in [5, 5.41) is 12.1. The van der Waals surface area contributed by atoms with Crippen LogP contribution in [0.25, 0.3) is 0 Å². The predicted molar refractivity (Wildman–Crippen MR) is 79.4 cm³/mol. The van der Waals surface area contributed by atoms with Gasteiger partial charge in [-0.1, -0.05) is 18.7 Å². The number of hydrogen-bond acceptors (Lipinski definition) is 5. The van der Waals surface area contributed by atoms with Crippen LogP contribution in [0.1, 0.15) is 51.9 Å². The highest BCUT2D eigenvalue weighted by Crippen LogP contribution is 2.38. The summed E-state index contributed by atoms with van der Waals surface area (Å²) in [4.78, 5) is 11.9. The summed E-state index contributed by atoms with van der Waals surface area (Å²) in [6.07, 6.45) is 3.19. The molecule has 2 rings (SSSR count). The van der Waals surface area contributed by atoms with Crippen molar-refractivity contribution in [3.05, 3.63) is 5.82 Å². The third kappa shape index (κ3) is 3.73. The molecule has 112 valence electrons. The molecule has 7 heteroatoms. The fourth-order valence-electron chi connectivity index (χ4n) is 1.88. The second-order valence-corrected chi connectivity index (χ2v) is 6.72. The normalized spacial score (nSPS) is 15.4. The standard InChI is InChI=1S/C13H23N5OS/c1-4-13(2,3)15-11(19)8-20-12-17-16-10(7-14)18(12)9-5-6-9/h9H,4-8,14H2,1-3H3,(H,15,19). The first-order valence-electron chi connectivity index (χ1n) is 7.04. The van der Waals surface area contributed by atoms with E-state index in [1.54, 1.807) is 0 Å². The topological polar surface area (TPSA) is 85.8 Å². The number of rotatable bonds is 7. The first-order chi connectivity index (χ1) is 9.46. The van der Waals surface area contributed by atoms with Crippen molar-refractivity contribution in [1.29, 1.82) is 0 Å². The van der Waals surface area contributed by atoms with E-state index in [4.69, 9.17) is 5.73 Å². The van der Waals surface area contributed by atoms with Gasteiger partial charge in [0.2, 0.25) is 5.91 Å². The van der Waals surface area contributed by atoms with Gasteiger partial charge in [0.05, 0.1) is 12.3 Å². The van der Waals surface area contributed by atoms with Crippen LogP contribution in [0.3, 0.4) is 0 Å². The molecule has 3 N–H and O–H groups in total. The number of nitrogens with one attached hydrogen (secondary N) is 1. The Morgan fingerprint density at radius 3 is 2.75 bits per heavy atom. The Balaban J connectivity index is 1.94. The second kappa shape index (κ2) is 6.13. The Morgan fingerprint density at radius 1 is 1.50 bits per heavy atom. The van der Waals surface area contributed by atoms with Gasteiger partial charge in [0.1, 0.15) is 5.82 Å². The molecular weight excluding hydrogens is 274 g/mol. The minimum atomic E-state index is -0.162. The molecule has 0 spiro atoms. The lowest BCUT2D eigenvalue weighted by atomic mass is 10.0. The predicted octanol–water partition coefficient (Wildman–Crippen LogP) is 1.47. The summed E-state index contributed by atoms with van der Waals surface area (Å²) in [7, 11) is 0. The molecule has 0 bridgehead atoms. The first-order valence-corrected chi connectivity index (χ1v) is 8.03. The minimum Gasteiger partial charge on any atom is -0.351 e. The Hall–Kier alpha value is -1.08. The Morgan fingerprint density at radius 2 is 2.20 bits per heavy atom. The summed E-state index contributed by atoms with van der Waals surface area (Å²) in [6, 6.07) is 0.473. The zero-order chi connectivity index (χ0) is 14.8. The molecule has 20 heavy (non-hydrogen) atoms. The Labute approximate surface area is 123 Å². The van der Waals surface area contributed by atoms with Gasteiger partial charge in [-0.2, -0.15) is 0 Å². The quantitative estimate of drug-likeness (QED) is 0.744. The maximum Gasteiger partial charge on any atom is 0.230 e. The number of aromatic nitrogens is 3. The molecule has 0 atom stereocenters. The summed E-state index contributed by atoms with van der Waals surface area (Å²) >= 11 is 1.43. The molecule has 1 saturated carbocycles. The van der Waals surface area contributed by atoms with Crippen LogP contribution >= 0.6 is 11.8 Å². The van der Waals surface area contributed by atoms with Gasteiger partial charge in [-0.15, -0.1) is 10.2 Å². The number of amides is 1. The molecule has 0 unspecified atom stereocenters. The number of nitrogens with zero attached hydrogens (tertiary/aromatic N) is 3. The largest absolute Gasteiger partial charge is 0.351 e. The first kappa shape index (κ1) is 15.3. The molecule has 0 radical (unpaired) electrons. The van der Waals surface area contributed by atoms with E-state index in [2.05, 4.69) is 27.0 Å². The number of thioether (sulfide) groups is 1. The monoisotopic (exact) mass is 297 g/mol. The molecule has 1 aliphatic rings. The van der Waals surface area contributed by atoms with Crippen LogP contribution in [0.2, 0.25) is 0 Å². The van der Waals surface area contributed by atoms with Crippen LogP contribution in [-0.2, 0) is 11.3 Å². The zero-order valence-electron chi connectivity index (χ0n) is 12.3. The van der Waals surface area contributed by atoms with Gasteiger partial charge in [0, 0.05) is 11.6 Å². The van der Waals surface area contributed by atoms with Crippen molar-refractivity contribution in [2.45, 2.75) is 63.3 Å². The van der Waals surface area contributed by atoms with Crippen molar-refractivity contribution in [2.24, 2.45) is 5.73 Å². The number of nitrogens with two attached hydrogens (primary N) is 1. The SMILES string of the molecule is CCC(C)(C)NC(=O)CSc1nnc(CN)n1C1CC1. The Bertz CT molecular complexity index is 481. The second-order valence-electron chi connectivity index (χ2n) is 5.78. The summed E-state index contributed by atoms with van der Waals surface area (Å²) in [6.45, 7) is 6.49. The maximum absolute atomic E-state index is 11.9. The summed E-state index contributed by atoms with van der Waals surface area (Å²) in [5.74, 6) is 1.20. The van der Waals surface area contributed by atoms with Crippen LogP contribution in [0, 0.1) is 0 Å². The lowest BCUT2D eigenvalue weighted by Crippen LogP contribution is -2.43. The average Bonchev–Trinajstić information content (AvgIpc) is 3.16. The number of carbonyl (C=O) groups is 1. The average molecular weight is 297 g/mol. The van der Waals surface area contributed by atoms with Crippen LogP contribution in [0.4, 0.5) is 0 Å². The van der Waals surface area contributed by atoms with Crippen LogP contribution in [0.5, 0.6) is 0 Å². The lowest BCUT2D eigenvalue weighted by Gasteiger charge is -2.24. The number of hydrogen-bond donors (Lipinski definition) is 2. The van der Waals surface area contributed by atoms with E-state index in [0.29, 0.717) is 18.3 Å². The van der Waals surface area contributed by atoms with E-state index in [0.717, 1.165) is 30.2 Å². The number of carbonyl (C=O) groups excluding carboxylic acids is 1. The van der Waals surface area contributed by atoms with E-state index in [1.165, 1.54) is 11.8 Å². The lowest BCUT2D eigenvalue weighted by molar-refractivity contribution is -0.120. The van der Waals surface area contributed by atoms with Gasteiger partial charge < -0.3 is 15.6 Å². The molecule has 1 aromatic rings. The van der Waals surface area contributed by atoms with E-state index >= 15 is 0 Å². The molecule has 0 saturated heterocycles. The van der Waals surface area contributed by atoms with Crippen molar-refractivity contribution in [2.75, 3.05) is 5.75 Å². The van der Waals surface area contributed by atoms with Crippen molar-refractivity contribution in [3.63, 3.8) is 0 Å². The highest BCUT2D eigenvalue weighted by atomic mass is 32.2. The van der Waals surface area contributed by atoms with Gasteiger partial charge in [0.15, 0.2) is 5.16 Å². The van der Waals surface area contributed by atoms with Gasteiger partial charge in [-0.25, -0.2) is 0 Å². The molecule has 1 fully saturated rings. The van der Waals surface area contributed by atoms with E-state index in [-0.39, 0.29) is 11.4 Å².